The van der Waals surface area contributed by atoms with Crippen LogP contribution in [0.1, 0.15) is 5.56 Å². The molecule has 2 aromatic rings. The molecule has 0 saturated heterocycles. The van der Waals surface area contributed by atoms with E-state index in [2.05, 4.69) is 10.2 Å². The molecule has 3 N–H and O–H groups in total. The summed E-state index contributed by atoms with van der Waals surface area (Å²) >= 11 is 0. The van der Waals surface area contributed by atoms with Crippen molar-refractivity contribution in [1.29, 1.82) is 0 Å². The van der Waals surface area contributed by atoms with Crippen LogP contribution in [-0.4, -0.2) is 23.5 Å². The number of nitrogens with one attached hydrogen (secondary N) is 1. The Morgan fingerprint density at radius 2 is 2.11 bits per heavy atom. The quantitative estimate of drug-likeness (QED) is 0.638. The number of aryl methyl sites for hydroxylation is 1. The lowest BCUT2D eigenvalue weighted by atomic mass is 10.1. The van der Waals surface area contributed by atoms with Gasteiger partial charge in [-0.05, 0) is 6.92 Å². The molecule has 0 atom stereocenters. The molecule has 0 spiro atoms. The third kappa shape index (κ3) is 2.46. The van der Waals surface area contributed by atoms with Gasteiger partial charge in [-0.15, -0.1) is 0 Å². The van der Waals surface area contributed by atoms with Gasteiger partial charge in [0.05, 0.1) is 16.8 Å². The van der Waals surface area contributed by atoms with Gasteiger partial charge in [0.2, 0.25) is 10.0 Å². The molecule has 19 heavy (non-hydrogen) atoms. The average molecular weight is 282 g/mol. The number of H-pyrrole nitrogens is 1. The Labute approximate surface area is 108 Å². The Balaban J connectivity index is 2.64. The number of nitro benzene ring substituents is 1. The summed E-state index contributed by atoms with van der Waals surface area (Å²) in [6.45, 7) is 1.59. The first-order valence-electron chi connectivity index (χ1n) is 5.12. The first-order chi connectivity index (χ1) is 8.80. The summed E-state index contributed by atoms with van der Waals surface area (Å²) in [6, 6.07) is 4.36. The fourth-order valence-corrected chi connectivity index (χ4v) is 2.31. The first-order valence-corrected chi connectivity index (χ1v) is 6.67. The maximum absolute atomic E-state index is 11.4. The van der Waals surface area contributed by atoms with Crippen LogP contribution in [0.3, 0.4) is 0 Å². The van der Waals surface area contributed by atoms with Gasteiger partial charge >= 0.3 is 0 Å². The predicted molar refractivity (Wildman–Crippen MR) is 66.8 cm³/mol. The van der Waals surface area contributed by atoms with E-state index < -0.39 is 14.9 Å². The van der Waals surface area contributed by atoms with Gasteiger partial charge in [-0.2, -0.15) is 5.10 Å². The molecule has 9 heteroatoms. The molecule has 100 valence electrons. The van der Waals surface area contributed by atoms with Crippen molar-refractivity contribution < 1.29 is 13.3 Å². The predicted octanol–water partition coefficient (Wildman–Crippen LogP) is 0.941. The largest absolute Gasteiger partial charge is 0.276 e. The smallest absolute Gasteiger partial charge is 0.272 e. The summed E-state index contributed by atoms with van der Waals surface area (Å²) in [6.07, 6.45) is 1.07. The number of aromatic nitrogens is 2. The zero-order valence-electron chi connectivity index (χ0n) is 9.82. The van der Waals surface area contributed by atoms with Crippen LogP contribution in [0.2, 0.25) is 0 Å². The van der Waals surface area contributed by atoms with Crippen LogP contribution < -0.4 is 5.14 Å². The van der Waals surface area contributed by atoms with Crippen molar-refractivity contribution in [3.05, 3.63) is 40.1 Å². The number of hydrogen-bond acceptors (Lipinski definition) is 5. The van der Waals surface area contributed by atoms with Gasteiger partial charge in [-0.3, -0.25) is 15.2 Å². The van der Waals surface area contributed by atoms with E-state index in [9.17, 15) is 18.5 Å². The van der Waals surface area contributed by atoms with Crippen molar-refractivity contribution >= 4 is 15.7 Å². The molecule has 0 bridgehead atoms. The van der Waals surface area contributed by atoms with E-state index in [0.29, 0.717) is 11.1 Å². The van der Waals surface area contributed by atoms with E-state index >= 15 is 0 Å². The number of nitro groups is 1. The van der Waals surface area contributed by atoms with Crippen molar-refractivity contribution in [3.63, 3.8) is 0 Å². The van der Waals surface area contributed by atoms with Crippen molar-refractivity contribution in [2.45, 2.75) is 11.8 Å². The number of aromatic amines is 1. The van der Waals surface area contributed by atoms with E-state index in [1.54, 1.807) is 13.0 Å². The van der Waals surface area contributed by atoms with Crippen LogP contribution >= 0.6 is 0 Å². The van der Waals surface area contributed by atoms with Gasteiger partial charge in [0, 0.05) is 17.2 Å². The summed E-state index contributed by atoms with van der Waals surface area (Å²) in [7, 11) is -3.95. The van der Waals surface area contributed by atoms with Gasteiger partial charge in [0.25, 0.3) is 5.69 Å². The number of hydrogen-bond donors (Lipinski definition) is 2. The Kier molecular flexibility index (Phi) is 3.08. The number of sulfonamides is 1. The molecule has 0 aliphatic rings. The molecule has 0 amide bonds. The van der Waals surface area contributed by atoms with E-state index in [1.807, 2.05) is 0 Å². The Hall–Kier alpha value is -2.26. The second-order valence-electron chi connectivity index (χ2n) is 3.91. The lowest BCUT2D eigenvalue weighted by molar-refractivity contribution is -0.385. The third-order valence-electron chi connectivity index (χ3n) is 2.61. The monoisotopic (exact) mass is 282 g/mol. The number of rotatable bonds is 3. The van der Waals surface area contributed by atoms with Crippen LogP contribution in [0.25, 0.3) is 11.3 Å². The molecule has 8 nitrogen and oxygen atoms in total. The van der Waals surface area contributed by atoms with Gasteiger partial charge in [0.1, 0.15) is 4.90 Å². The molecule has 1 heterocycles. The maximum atomic E-state index is 11.4. The number of nitrogens with zero attached hydrogens (tertiary/aromatic N) is 2. The number of primary sulfonamides is 1. The molecule has 0 fully saturated rings. The highest BCUT2D eigenvalue weighted by Gasteiger charge is 2.20. The zero-order chi connectivity index (χ0) is 14.2. The summed E-state index contributed by atoms with van der Waals surface area (Å²) in [4.78, 5) is 10.1. The van der Waals surface area contributed by atoms with Crippen LogP contribution in [0.4, 0.5) is 5.69 Å². The maximum Gasteiger partial charge on any atom is 0.272 e. The minimum absolute atomic E-state index is 0.104. The fraction of sp³-hybridized carbons (Fsp3) is 0.100. The fourth-order valence-electron chi connectivity index (χ4n) is 1.66. The Morgan fingerprint density at radius 1 is 1.42 bits per heavy atom. The van der Waals surface area contributed by atoms with Crippen LogP contribution in [0, 0.1) is 17.0 Å². The molecule has 0 saturated carbocycles. The number of benzene rings is 1. The van der Waals surface area contributed by atoms with E-state index in [0.717, 1.165) is 6.20 Å². The van der Waals surface area contributed by atoms with Gasteiger partial charge in [0.15, 0.2) is 0 Å². The standard InChI is InChI=1S/C10H10N4O4S/c1-6-2-3-7(4-8(6)14(15)16)10-9(5-12-13-10)19(11,17)18/h2-5H,1H3,(H,12,13)(H2,11,17,18). The van der Waals surface area contributed by atoms with Crippen LogP contribution in [0.15, 0.2) is 29.3 Å². The van der Waals surface area contributed by atoms with Gasteiger partial charge < -0.3 is 0 Å². The summed E-state index contributed by atoms with van der Waals surface area (Å²) in [5, 5.41) is 22.0. The second-order valence-corrected chi connectivity index (χ2v) is 5.44. The van der Waals surface area contributed by atoms with E-state index in [1.165, 1.54) is 12.1 Å². The van der Waals surface area contributed by atoms with E-state index in [-0.39, 0.29) is 16.3 Å². The van der Waals surface area contributed by atoms with Gasteiger partial charge in [-0.25, -0.2) is 13.6 Å². The summed E-state index contributed by atoms with van der Waals surface area (Å²) in [5.74, 6) is 0. The molecule has 0 aliphatic carbocycles. The topological polar surface area (TPSA) is 132 Å². The van der Waals surface area contributed by atoms with Crippen LogP contribution in [-0.2, 0) is 10.0 Å². The Morgan fingerprint density at radius 3 is 2.68 bits per heavy atom. The van der Waals surface area contributed by atoms with Crippen molar-refractivity contribution in [1.82, 2.24) is 10.2 Å². The molecule has 1 aromatic heterocycles. The van der Waals surface area contributed by atoms with Crippen molar-refractivity contribution in [3.8, 4) is 11.3 Å². The van der Waals surface area contributed by atoms with Gasteiger partial charge in [-0.1, -0.05) is 12.1 Å². The minimum atomic E-state index is -3.95. The van der Waals surface area contributed by atoms with E-state index in [4.69, 9.17) is 5.14 Å². The zero-order valence-corrected chi connectivity index (χ0v) is 10.6. The van der Waals surface area contributed by atoms with Crippen LogP contribution in [0.5, 0.6) is 0 Å². The molecule has 1 aromatic carbocycles. The summed E-state index contributed by atoms with van der Waals surface area (Å²) in [5.41, 5.74) is 0.835. The summed E-state index contributed by atoms with van der Waals surface area (Å²) < 4.78 is 22.7. The molecule has 0 radical (unpaired) electrons. The highest BCUT2D eigenvalue weighted by molar-refractivity contribution is 7.89. The first kappa shape index (κ1) is 13.2. The molecule has 0 aliphatic heterocycles. The second kappa shape index (κ2) is 4.44. The molecular weight excluding hydrogens is 272 g/mol. The van der Waals surface area contributed by atoms with Crippen molar-refractivity contribution in [2.75, 3.05) is 0 Å². The molecule has 0 unspecified atom stereocenters. The highest BCUT2D eigenvalue weighted by Crippen LogP contribution is 2.29. The number of nitrogens with two attached hydrogens (primary N) is 1. The highest BCUT2D eigenvalue weighted by atomic mass is 32.2. The normalized spacial score (nSPS) is 11.5. The third-order valence-corrected chi connectivity index (χ3v) is 3.53. The molecular formula is C10H10N4O4S. The minimum Gasteiger partial charge on any atom is -0.276 e. The lowest BCUT2D eigenvalue weighted by Gasteiger charge is -2.03. The average Bonchev–Trinajstić information content (AvgIpc) is 2.77. The lowest BCUT2D eigenvalue weighted by Crippen LogP contribution is -2.12. The molecule has 2 rings (SSSR count). The van der Waals surface area contributed by atoms with Crippen molar-refractivity contribution in [2.24, 2.45) is 5.14 Å². The SMILES string of the molecule is Cc1ccc(-c2[nH]ncc2S(N)(=O)=O)cc1[N+](=O)[O-]. The Bertz CT molecular complexity index is 751.